The van der Waals surface area contributed by atoms with E-state index in [0.717, 1.165) is 11.3 Å². The Morgan fingerprint density at radius 1 is 0.909 bits per heavy atom. The van der Waals surface area contributed by atoms with Crippen LogP contribution >= 0.6 is 0 Å². The third-order valence-electron chi connectivity index (χ3n) is 5.62. The maximum atomic E-state index is 13.5. The molecule has 33 heavy (non-hydrogen) atoms. The molecule has 3 aromatic carbocycles. The highest BCUT2D eigenvalue weighted by Crippen LogP contribution is 2.38. The molecule has 0 saturated heterocycles. The molecule has 1 aliphatic rings. The van der Waals surface area contributed by atoms with E-state index in [-0.39, 0.29) is 41.2 Å². The summed E-state index contributed by atoms with van der Waals surface area (Å²) in [5.74, 6) is -0.955. The molecule has 0 radical (unpaired) electrons. The summed E-state index contributed by atoms with van der Waals surface area (Å²) in [6.45, 7) is 5.34. The first-order chi connectivity index (χ1) is 15.9. The van der Waals surface area contributed by atoms with Crippen molar-refractivity contribution in [3.8, 4) is 5.75 Å². The Kier molecular flexibility index (Phi) is 6.27. The van der Waals surface area contributed by atoms with Crippen molar-refractivity contribution in [2.75, 3.05) is 11.9 Å². The Bertz CT molecular complexity index is 1230. The molecule has 1 aliphatic carbocycles. The molecule has 168 valence electrons. The predicted octanol–water partition coefficient (Wildman–Crippen LogP) is 5.23. The molecule has 1 N–H and O–H groups in total. The quantitative estimate of drug-likeness (QED) is 0.394. The number of aryl methyl sites for hydroxylation is 1. The normalized spacial score (nSPS) is 13.1. The van der Waals surface area contributed by atoms with E-state index in [2.05, 4.69) is 5.32 Å². The van der Waals surface area contributed by atoms with E-state index in [9.17, 15) is 14.4 Å². The first kappa shape index (κ1) is 22.3. The van der Waals surface area contributed by atoms with E-state index in [1.54, 1.807) is 43.3 Å². The second-order valence-electron chi connectivity index (χ2n) is 8.05. The van der Waals surface area contributed by atoms with Crippen LogP contribution in [0.5, 0.6) is 5.75 Å². The number of nitrogens with one attached hydrogen (secondary N) is 1. The zero-order valence-corrected chi connectivity index (χ0v) is 18.8. The number of fused-ring (bicyclic) bond motifs is 2. The van der Waals surface area contributed by atoms with Crippen molar-refractivity contribution < 1.29 is 23.9 Å². The van der Waals surface area contributed by atoms with Gasteiger partial charge >= 0.3 is 5.97 Å². The van der Waals surface area contributed by atoms with Gasteiger partial charge in [-0.3, -0.25) is 9.59 Å². The molecule has 0 saturated carbocycles. The molecule has 0 aliphatic heterocycles. The highest BCUT2D eigenvalue weighted by Gasteiger charge is 2.34. The van der Waals surface area contributed by atoms with Crippen LogP contribution in [0, 0.1) is 6.92 Å². The molecule has 0 spiro atoms. The summed E-state index contributed by atoms with van der Waals surface area (Å²) in [6.07, 6.45) is 0.454. The van der Waals surface area contributed by atoms with Crippen molar-refractivity contribution in [3.05, 3.63) is 88.5 Å². The Hall–Kier alpha value is -3.93. The van der Waals surface area contributed by atoms with E-state index in [1.165, 1.54) is 0 Å². The fourth-order valence-corrected chi connectivity index (χ4v) is 3.69. The van der Waals surface area contributed by atoms with Gasteiger partial charge in [-0.2, -0.15) is 0 Å². The predicted molar refractivity (Wildman–Crippen MR) is 126 cm³/mol. The van der Waals surface area contributed by atoms with Gasteiger partial charge in [0.15, 0.2) is 18.2 Å². The van der Waals surface area contributed by atoms with Gasteiger partial charge in [0.2, 0.25) is 0 Å². The van der Waals surface area contributed by atoms with Crippen molar-refractivity contribution in [3.63, 3.8) is 0 Å². The zero-order chi connectivity index (χ0) is 23.5. The summed E-state index contributed by atoms with van der Waals surface area (Å²) < 4.78 is 10.9. The van der Waals surface area contributed by atoms with Gasteiger partial charge in [-0.25, -0.2) is 4.79 Å². The summed E-state index contributed by atoms with van der Waals surface area (Å²) in [5.41, 5.74) is 3.42. The summed E-state index contributed by atoms with van der Waals surface area (Å²) in [5, 5.41) is 3.25. The average Bonchev–Trinajstić information content (AvgIpc) is 2.82. The van der Waals surface area contributed by atoms with Crippen molar-refractivity contribution in [1.82, 2.24) is 0 Å². The first-order valence-electron chi connectivity index (χ1n) is 10.9. The number of carbonyl (C=O) groups excluding carboxylic acids is 3. The van der Waals surface area contributed by atoms with Gasteiger partial charge in [0, 0.05) is 16.8 Å². The Morgan fingerprint density at radius 3 is 2.18 bits per heavy atom. The lowest BCUT2D eigenvalue weighted by Gasteiger charge is -2.23. The van der Waals surface area contributed by atoms with Gasteiger partial charge in [-0.05, 0) is 44.5 Å². The average molecular weight is 443 g/mol. The maximum absolute atomic E-state index is 13.5. The molecule has 0 amide bonds. The molecule has 3 aromatic rings. The van der Waals surface area contributed by atoms with E-state index in [1.807, 2.05) is 38.1 Å². The lowest BCUT2D eigenvalue weighted by Crippen LogP contribution is -2.25. The van der Waals surface area contributed by atoms with E-state index in [4.69, 9.17) is 9.47 Å². The molecule has 1 unspecified atom stereocenters. The molecule has 6 heteroatoms. The molecule has 0 fully saturated rings. The van der Waals surface area contributed by atoms with Crippen LogP contribution in [0.4, 0.5) is 11.4 Å². The van der Waals surface area contributed by atoms with Gasteiger partial charge < -0.3 is 14.8 Å². The molecule has 0 heterocycles. The number of carbonyl (C=O) groups is 3. The summed E-state index contributed by atoms with van der Waals surface area (Å²) in [6, 6.07) is 17.7. The van der Waals surface area contributed by atoms with Crippen LogP contribution in [0.1, 0.15) is 57.7 Å². The number of ketones is 2. The van der Waals surface area contributed by atoms with Crippen LogP contribution in [0.15, 0.2) is 60.7 Å². The summed E-state index contributed by atoms with van der Waals surface area (Å²) in [4.78, 5) is 39.0. The van der Waals surface area contributed by atoms with Crippen LogP contribution in [-0.2, 0) is 9.53 Å². The lowest BCUT2D eigenvalue weighted by molar-refractivity contribution is -0.150. The van der Waals surface area contributed by atoms with Crippen LogP contribution in [-0.4, -0.2) is 30.2 Å². The Labute approximate surface area is 192 Å². The lowest BCUT2D eigenvalue weighted by atomic mass is 9.82. The van der Waals surface area contributed by atoms with Crippen LogP contribution in [0.25, 0.3) is 0 Å². The minimum absolute atomic E-state index is 0.146. The molecule has 0 bridgehead atoms. The van der Waals surface area contributed by atoms with Crippen molar-refractivity contribution in [2.24, 2.45) is 0 Å². The standard InChI is InChI=1S/C27H25NO5/c1-4-17(3)33-23(29)15-32-22-14-13-21(28-18-11-9-16(2)10-12-18)24-25(22)27(31)20-8-6-5-7-19(20)26(24)30/h5-14,17,28H,4,15H2,1-3H3. The third-order valence-corrected chi connectivity index (χ3v) is 5.62. The smallest absolute Gasteiger partial charge is 0.344 e. The summed E-state index contributed by atoms with van der Waals surface area (Å²) in [7, 11) is 0. The topological polar surface area (TPSA) is 81.7 Å². The molecule has 6 nitrogen and oxygen atoms in total. The minimum Gasteiger partial charge on any atom is -0.481 e. The number of rotatable bonds is 7. The fourth-order valence-electron chi connectivity index (χ4n) is 3.69. The van der Waals surface area contributed by atoms with Gasteiger partial charge in [0.05, 0.1) is 22.9 Å². The zero-order valence-electron chi connectivity index (χ0n) is 18.8. The number of esters is 1. The number of ether oxygens (including phenoxy) is 2. The second-order valence-corrected chi connectivity index (χ2v) is 8.05. The van der Waals surface area contributed by atoms with Crippen molar-refractivity contribution in [2.45, 2.75) is 33.3 Å². The van der Waals surface area contributed by atoms with Gasteiger partial charge in [-0.15, -0.1) is 0 Å². The van der Waals surface area contributed by atoms with Crippen molar-refractivity contribution >= 4 is 28.9 Å². The largest absolute Gasteiger partial charge is 0.481 e. The second kappa shape index (κ2) is 9.28. The van der Waals surface area contributed by atoms with Crippen LogP contribution in [0.2, 0.25) is 0 Å². The van der Waals surface area contributed by atoms with E-state index in [0.29, 0.717) is 23.2 Å². The number of anilines is 2. The third kappa shape index (κ3) is 4.51. The van der Waals surface area contributed by atoms with Crippen LogP contribution in [0.3, 0.4) is 0 Å². The molecular weight excluding hydrogens is 418 g/mol. The highest BCUT2D eigenvalue weighted by molar-refractivity contribution is 6.31. The van der Waals surface area contributed by atoms with Gasteiger partial charge in [-0.1, -0.05) is 48.9 Å². The number of hydrogen-bond donors (Lipinski definition) is 1. The van der Waals surface area contributed by atoms with Gasteiger partial charge in [0.25, 0.3) is 0 Å². The number of benzene rings is 3. The Balaban J connectivity index is 1.74. The van der Waals surface area contributed by atoms with Crippen LogP contribution < -0.4 is 10.1 Å². The minimum atomic E-state index is -0.532. The number of hydrogen-bond acceptors (Lipinski definition) is 6. The van der Waals surface area contributed by atoms with Gasteiger partial charge in [0.1, 0.15) is 5.75 Å². The fraction of sp³-hybridized carbons (Fsp3) is 0.222. The highest BCUT2D eigenvalue weighted by atomic mass is 16.6. The molecule has 4 rings (SSSR count). The van der Waals surface area contributed by atoms with E-state index >= 15 is 0 Å². The Morgan fingerprint density at radius 2 is 1.55 bits per heavy atom. The SMILES string of the molecule is CCC(C)OC(=O)COc1ccc(Nc2ccc(C)cc2)c2c1C(=O)c1ccccc1C2=O. The molecule has 1 atom stereocenters. The van der Waals surface area contributed by atoms with Crippen molar-refractivity contribution in [1.29, 1.82) is 0 Å². The maximum Gasteiger partial charge on any atom is 0.344 e. The van der Waals surface area contributed by atoms with E-state index < -0.39 is 5.97 Å². The monoisotopic (exact) mass is 443 g/mol. The molecular formula is C27H25NO5. The molecule has 0 aromatic heterocycles. The first-order valence-corrected chi connectivity index (χ1v) is 10.9. The summed E-state index contributed by atoms with van der Waals surface area (Å²) >= 11 is 0.